The molecule has 0 fully saturated rings. The largest absolute Gasteiger partial charge is 0.503 e. The van der Waals surface area contributed by atoms with Crippen molar-refractivity contribution in [3.63, 3.8) is 0 Å². The number of hydrogen-bond acceptors (Lipinski definition) is 6. The maximum absolute atomic E-state index is 13.2. The van der Waals surface area contributed by atoms with Crippen LogP contribution in [0.15, 0.2) is 78.6 Å². The van der Waals surface area contributed by atoms with Crippen LogP contribution in [0.3, 0.4) is 0 Å². The molecule has 0 aromatic heterocycles. The zero-order chi connectivity index (χ0) is 24.9. The molecule has 0 radical (unpaired) electrons. The molecular formula is C28H27NO6. The van der Waals surface area contributed by atoms with Gasteiger partial charge in [-0.05, 0) is 47.4 Å². The Kier molecular flexibility index (Phi) is 7.06. The Morgan fingerprint density at radius 1 is 0.914 bits per heavy atom. The Hall–Kier alpha value is -4.26. The molecule has 3 aromatic rings. The van der Waals surface area contributed by atoms with Gasteiger partial charge in [-0.1, -0.05) is 48.5 Å². The van der Waals surface area contributed by atoms with E-state index in [1.807, 2.05) is 48.5 Å². The van der Waals surface area contributed by atoms with E-state index >= 15 is 0 Å². The number of carbonyl (C=O) groups is 2. The molecule has 35 heavy (non-hydrogen) atoms. The average molecular weight is 474 g/mol. The van der Waals surface area contributed by atoms with Gasteiger partial charge >= 0.3 is 5.97 Å². The average Bonchev–Trinajstić information content (AvgIpc) is 3.16. The molecule has 7 nitrogen and oxygen atoms in total. The van der Waals surface area contributed by atoms with Crippen molar-refractivity contribution in [2.75, 3.05) is 27.9 Å². The second-order valence-corrected chi connectivity index (χ2v) is 8.08. The molecule has 1 heterocycles. The molecule has 0 saturated carbocycles. The SMILES string of the molecule is COC(=O)c1ccc([C@@H]2C(c3ccccc3)=C(O)C(=O)N2CCc2ccc(OC)c(OC)c2)cc1. The van der Waals surface area contributed by atoms with Gasteiger partial charge in [0, 0.05) is 12.1 Å². The first-order valence-electron chi connectivity index (χ1n) is 11.2. The highest BCUT2D eigenvalue weighted by molar-refractivity contribution is 6.05. The number of ether oxygens (including phenoxy) is 3. The molecule has 0 bridgehead atoms. The van der Waals surface area contributed by atoms with Crippen molar-refractivity contribution in [1.29, 1.82) is 0 Å². The van der Waals surface area contributed by atoms with Crippen molar-refractivity contribution in [2.24, 2.45) is 0 Å². The summed E-state index contributed by atoms with van der Waals surface area (Å²) in [5.41, 5.74) is 3.44. The summed E-state index contributed by atoms with van der Waals surface area (Å²) in [7, 11) is 4.49. The molecular weight excluding hydrogens is 446 g/mol. The Morgan fingerprint density at radius 2 is 1.60 bits per heavy atom. The number of aliphatic hydroxyl groups is 1. The maximum Gasteiger partial charge on any atom is 0.337 e. The van der Waals surface area contributed by atoms with Crippen LogP contribution in [0.5, 0.6) is 11.5 Å². The Balaban J connectivity index is 1.69. The molecule has 180 valence electrons. The van der Waals surface area contributed by atoms with Crippen LogP contribution in [-0.2, 0) is 16.0 Å². The summed E-state index contributed by atoms with van der Waals surface area (Å²) in [6, 6.07) is 21.4. The summed E-state index contributed by atoms with van der Waals surface area (Å²) >= 11 is 0. The lowest BCUT2D eigenvalue weighted by Crippen LogP contribution is -2.32. The van der Waals surface area contributed by atoms with Crippen LogP contribution in [0.25, 0.3) is 5.57 Å². The van der Waals surface area contributed by atoms with Crippen molar-refractivity contribution in [2.45, 2.75) is 12.5 Å². The van der Waals surface area contributed by atoms with Crippen molar-refractivity contribution < 1.29 is 28.9 Å². The van der Waals surface area contributed by atoms with Crippen molar-refractivity contribution >= 4 is 17.4 Å². The fourth-order valence-electron chi connectivity index (χ4n) is 4.35. The van der Waals surface area contributed by atoms with Gasteiger partial charge in [0.05, 0.1) is 32.9 Å². The number of nitrogens with zero attached hydrogens (tertiary/aromatic N) is 1. The standard InChI is InChI=1S/C28H27NO6/c1-33-22-14-9-18(17-23(22)34-2)15-16-29-25(20-10-12-21(13-11-20)28(32)35-3)24(26(30)27(29)31)19-7-5-4-6-8-19/h4-14,17,25,30H,15-16H2,1-3H3/t25-/m1/s1. The van der Waals surface area contributed by atoms with Crippen LogP contribution in [-0.4, -0.2) is 49.8 Å². The Labute approximate surface area is 204 Å². The van der Waals surface area contributed by atoms with Crippen LogP contribution < -0.4 is 9.47 Å². The van der Waals surface area contributed by atoms with Crippen molar-refractivity contribution in [3.8, 4) is 11.5 Å². The summed E-state index contributed by atoms with van der Waals surface area (Å²) in [6.07, 6.45) is 0.540. The maximum atomic E-state index is 13.2. The normalized spacial score (nSPS) is 15.3. The summed E-state index contributed by atoms with van der Waals surface area (Å²) in [5.74, 6) is 0.0874. The smallest absolute Gasteiger partial charge is 0.337 e. The van der Waals surface area contributed by atoms with Crippen LogP contribution >= 0.6 is 0 Å². The van der Waals surface area contributed by atoms with E-state index in [0.29, 0.717) is 35.6 Å². The summed E-state index contributed by atoms with van der Waals surface area (Å²) in [4.78, 5) is 26.8. The van der Waals surface area contributed by atoms with E-state index in [2.05, 4.69) is 0 Å². The van der Waals surface area contributed by atoms with E-state index < -0.39 is 17.9 Å². The van der Waals surface area contributed by atoms with Crippen LogP contribution in [0.2, 0.25) is 0 Å². The molecule has 1 atom stereocenters. The van der Waals surface area contributed by atoms with Crippen LogP contribution in [0.1, 0.15) is 33.1 Å². The second-order valence-electron chi connectivity index (χ2n) is 8.08. The predicted molar refractivity (Wildman–Crippen MR) is 131 cm³/mol. The van der Waals surface area contributed by atoms with E-state index in [-0.39, 0.29) is 5.76 Å². The fourth-order valence-corrected chi connectivity index (χ4v) is 4.35. The minimum Gasteiger partial charge on any atom is -0.503 e. The molecule has 1 amide bonds. The fraction of sp³-hybridized carbons (Fsp3) is 0.214. The predicted octanol–water partition coefficient (Wildman–Crippen LogP) is 4.59. The zero-order valence-corrected chi connectivity index (χ0v) is 19.9. The number of esters is 1. The second kappa shape index (κ2) is 10.3. The summed E-state index contributed by atoms with van der Waals surface area (Å²) in [6.45, 7) is 0.359. The molecule has 1 aliphatic heterocycles. The summed E-state index contributed by atoms with van der Waals surface area (Å²) < 4.78 is 15.5. The quantitative estimate of drug-likeness (QED) is 0.482. The topological polar surface area (TPSA) is 85.3 Å². The van der Waals surface area contributed by atoms with Gasteiger partial charge in [-0.2, -0.15) is 0 Å². The third kappa shape index (κ3) is 4.71. The van der Waals surface area contributed by atoms with E-state index in [0.717, 1.165) is 16.7 Å². The zero-order valence-electron chi connectivity index (χ0n) is 19.9. The minimum atomic E-state index is -0.517. The number of aliphatic hydroxyl groups excluding tert-OH is 1. The number of carbonyl (C=O) groups excluding carboxylic acids is 2. The van der Waals surface area contributed by atoms with Gasteiger partial charge in [0.2, 0.25) is 0 Å². The Bertz CT molecular complexity index is 1250. The highest BCUT2D eigenvalue weighted by Crippen LogP contribution is 2.43. The van der Waals surface area contributed by atoms with Crippen LogP contribution in [0.4, 0.5) is 0 Å². The number of amides is 1. The van der Waals surface area contributed by atoms with Crippen molar-refractivity contribution in [1.82, 2.24) is 4.90 Å². The highest BCUT2D eigenvalue weighted by Gasteiger charge is 2.40. The van der Waals surface area contributed by atoms with E-state index in [4.69, 9.17) is 14.2 Å². The molecule has 7 heteroatoms. The molecule has 0 spiro atoms. The Morgan fingerprint density at radius 3 is 2.23 bits per heavy atom. The van der Waals surface area contributed by atoms with Gasteiger partial charge in [-0.3, -0.25) is 4.79 Å². The van der Waals surface area contributed by atoms with E-state index in [9.17, 15) is 14.7 Å². The number of hydrogen-bond donors (Lipinski definition) is 1. The van der Waals surface area contributed by atoms with Gasteiger partial charge in [-0.15, -0.1) is 0 Å². The number of benzene rings is 3. The molecule has 1 aliphatic rings. The molecule has 0 saturated heterocycles. The summed E-state index contributed by atoms with van der Waals surface area (Å²) in [5, 5.41) is 10.9. The van der Waals surface area contributed by atoms with E-state index in [1.54, 1.807) is 43.4 Å². The monoisotopic (exact) mass is 473 g/mol. The van der Waals surface area contributed by atoms with Gasteiger partial charge in [0.25, 0.3) is 5.91 Å². The lowest BCUT2D eigenvalue weighted by Gasteiger charge is -2.27. The first-order chi connectivity index (χ1) is 17.0. The lowest BCUT2D eigenvalue weighted by molar-refractivity contribution is -0.129. The number of rotatable bonds is 8. The number of methoxy groups -OCH3 is 3. The van der Waals surface area contributed by atoms with Gasteiger partial charge in [0.15, 0.2) is 17.3 Å². The molecule has 4 rings (SSSR count). The third-order valence-electron chi connectivity index (χ3n) is 6.13. The molecule has 0 aliphatic carbocycles. The lowest BCUT2D eigenvalue weighted by atomic mass is 9.93. The molecule has 3 aromatic carbocycles. The van der Waals surface area contributed by atoms with Gasteiger partial charge < -0.3 is 24.2 Å². The van der Waals surface area contributed by atoms with Crippen LogP contribution in [0, 0.1) is 0 Å². The molecule has 1 N–H and O–H groups in total. The first kappa shape index (κ1) is 23.9. The molecule has 0 unspecified atom stereocenters. The van der Waals surface area contributed by atoms with Gasteiger partial charge in [0.1, 0.15) is 0 Å². The van der Waals surface area contributed by atoms with E-state index in [1.165, 1.54) is 7.11 Å². The highest BCUT2D eigenvalue weighted by atomic mass is 16.5. The minimum absolute atomic E-state index is 0.273. The van der Waals surface area contributed by atoms with Crippen molar-refractivity contribution in [3.05, 3.63) is 101 Å². The third-order valence-corrected chi connectivity index (χ3v) is 6.13. The van der Waals surface area contributed by atoms with Gasteiger partial charge in [-0.25, -0.2) is 4.79 Å². The first-order valence-corrected chi connectivity index (χ1v) is 11.2.